The van der Waals surface area contributed by atoms with Crippen LogP contribution in [0.4, 0.5) is 32.0 Å². The Kier molecular flexibility index (Phi) is 5.57. The molecule has 3 rings (SSSR count). The monoisotopic (exact) mass is 449 g/mol. The molecule has 0 saturated heterocycles. The van der Waals surface area contributed by atoms with Gasteiger partial charge >= 0.3 is 12.2 Å². The Labute approximate surface area is 165 Å². The molecule has 1 heterocycles. The highest BCUT2D eigenvalue weighted by Crippen LogP contribution is 2.29. The van der Waals surface area contributed by atoms with Crippen LogP contribution in [-0.2, 0) is 16.2 Å². The summed E-state index contributed by atoms with van der Waals surface area (Å²) in [5.41, 5.74) is -1.33. The molecular weight excluding hydrogens is 440 g/mol. The normalized spacial score (nSPS) is 11.9. The summed E-state index contributed by atoms with van der Waals surface area (Å²) in [5.74, 6) is -5.41. The minimum Gasteiger partial charge on any atom is -0.424 e. The molecule has 0 fully saturated rings. The van der Waals surface area contributed by atoms with Gasteiger partial charge in [-0.25, -0.2) is 26.6 Å². The van der Waals surface area contributed by atoms with Gasteiger partial charge in [0, 0.05) is 11.9 Å². The maximum Gasteiger partial charge on any atom is 0.433 e. The van der Waals surface area contributed by atoms with Crippen molar-refractivity contribution in [2.45, 2.75) is 11.1 Å². The van der Waals surface area contributed by atoms with Crippen LogP contribution in [0.15, 0.2) is 53.6 Å². The average molecular weight is 449 g/mol. The van der Waals surface area contributed by atoms with Gasteiger partial charge in [-0.1, -0.05) is 0 Å². The molecule has 2 aromatic carbocycles. The number of hydrogen-bond donors (Lipinski definition) is 1. The molecule has 30 heavy (non-hydrogen) atoms. The molecule has 0 amide bonds. The van der Waals surface area contributed by atoms with Gasteiger partial charge in [-0.3, -0.25) is 4.72 Å². The SMILES string of the molecule is O=S(=O)(Nc1ccc(Oc2nccc(C(F)(F)F)n2)cc1)c1ccc(F)c(F)c1F. The van der Waals surface area contributed by atoms with E-state index in [1.165, 1.54) is 12.1 Å². The Morgan fingerprint density at radius 1 is 0.900 bits per heavy atom. The van der Waals surface area contributed by atoms with E-state index < -0.39 is 50.3 Å². The maximum atomic E-state index is 13.7. The van der Waals surface area contributed by atoms with E-state index in [9.17, 15) is 34.8 Å². The van der Waals surface area contributed by atoms with Crippen molar-refractivity contribution in [2.24, 2.45) is 0 Å². The van der Waals surface area contributed by atoms with Crippen LogP contribution in [0.5, 0.6) is 11.8 Å². The summed E-state index contributed by atoms with van der Waals surface area (Å²) in [4.78, 5) is 5.64. The van der Waals surface area contributed by atoms with Crippen molar-refractivity contribution in [1.29, 1.82) is 0 Å². The van der Waals surface area contributed by atoms with Crippen molar-refractivity contribution in [3.63, 3.8) is 0 Å². The zero-order valence-corrected chi connectivity index (χ0v) is 15.2. The van der Waals surface area contributed by atoms with Gasteiger partial charge in [-0.2, -0.15) is 18.2 Å². The molecule has 3 aromatic rings. The van der Waals surface area contributed by atoms with Gasteiger partial charge in [-0.15, -0.1) is 0 Å². The summed E-state index contributed by atoms with van der Waals surface area (Å²) in [6.45, 7) is 0. The van der Waals surface area contributed by atoms with Crippen LogP contribution in [0.1, 0.15) is 5.69 Å². The van der Waals surface area contributed by atoms with E-state index >= 15 is 0 Å². The molecule has 13 heteroatoms. The number of anilines is 1. The lowest BCUT2D eigenvalue weighted by Gasteiger charge is -2.11. The van der Waals surface area contributed by atoms with Gasteiger partial charge in [0.1, 0.15) is 10.6 Å². The molecule has 0 aliphatic heterocycles. The predicted molar refractivity (Wildman–Crippen MR) is 90.7 cm³/mol. The third-order valence-electron chi connectivity index (χ3n) is 3.53. The van der Waals surface area contributed by atoms with Gasteiger partial charge in [0.05, 0.1) is 0 Å². The van der Waals surface area contributed by atoms with E-state index in [1.807, 2.05) is 4.72 Å². The molecule has 0 bridgehead atoms. The Morgan fingerprint density at radius 3 is 2.20 bits per heavy atom. The molecule has 158 valence electrons. The quantitative estimate of drug-likeness (QED) is 0.458. The number of rotatable bonds is 5. The molecule has 1 aromatic heterocycles. The molecule has 0 saturated carbocycles. The first-order valence-electron chi connectivity index (χ1n) is 7.82. The van der Waals surface area contributed by atoms with E-state index in [1.54, 1.807) is 0 Å². The number of benzene rings is 2. The summed E-state index contributed by atoms with van der Waals surface area (Å²) in [6, 6.07) is 5.68. The number of alkyl halides is 3. The minimum atomic E-state index is -4.70. The number of aromatic nitrogens is 2. The minimum absolute atomic E-state index is 0.0312. The van der Waals surface area contributed by atoms with Gasteiger partial charge in [0.15, 0.2) is 23.1 Å². The Bertz CT molecular complexity index is 1180. The highest BCUT2D eigenvalue weighted by molar-refractivity contribution is 7.92. The number of nitrogens with one attached hydrogen (secondary N) is 1. The van der Waals surface area contributed by atoms with Crippen LogP contribution in [0.3, 0.4) is 0 Å². The van der Waals surface area contributed by atoms with Crippen LogP contribution in [0.25, 0.3) is 0 Å². The lowest BCUT2D eigenvalue weighted by Crippen LogP contribution is -2.15. The summed E-state index contributed by atoms with van der Waals surface area (Å²) < 4.78 is 109. The van der Waals surface area contributed by atoms with Gasteiger partial charge in [0.2, 0.25) is 0 Å². The zero-order chi connectivity index (χ0) is 22.1. The van der Waals surface area contributed by atoms with Crippen LogP contribution in [0, 0.1) is 17.5 Å². The molecule has 0 spiro atoms. The van der Waals surface area contributed by atoms with E-state index in [0.717, 1.165) is 18.3 Å². The van der Waals surface area contributed by atoms with Crippen LogP contribution in [-0.4, -0.2) is 18.4 Å². The number of halogens is 6. The highest BCUT2D eigenvalue weighted by Gasteiger charge is 2.33. The van der Waals surface area contributed by atoms with Gasteiger partial charge < -0.3 is 4.74 Å². The second-order valence-corrected chi connectivity index (χ2v) is 7.28. The molecule has 6 nitrogen and oxygen atoms in total. The molecule has 0 aliphatic carbocycles. The Hall–Kier alpha value is -3.35. The number of hydrogen-bond acceptors (Lipinski definition) is 5. The number of nitrogens with zero attached hydrogens (tertiary/aromatic N) is 2. The van der Waals surface area contributed by atoms with Gasteiger partial charge in [-0.05, 0) is 42.5 Å². The average Bonchev–Trinajstić information content (AvgIpc) is 2.67. The molecule has 0 aliphatic rings. The fraction of sp³-hybridized carbons (Fsp3) is 0.0588. The third kappa shape index (κ3) is 4.62. The largest absolute Gasteiger partial charge is 0.433 e. The second kappa shape index (κ2) is 7.82. The number of ether oxygens (including phenoxy) is 1. The Morgan fingerprint density at radius 2 is 1.57 bits per heavy atom. The molecule has 0 radical (unpaired) electrons. The van der Waals surface area contributed by atoms with E-state index in [0.29, 0.717) is 18.2 Å². The molecular formula is C17H9F6N3O3S. The van der Waals surface area contributed by atoms with Crippen molar-refractivity contribution in [2.75, 3.05) is 4.72 Å². The Balaban J connectivity index is 1.77. The lowest BCUT2D eigenvalue weighted by atomic mass is 10.3. The topological polar surface area (TPSA) is 81.2 Å². The lowest BCUT2D eigenvalue weighted by molar-refractivity contribution is -0.141. The summed E-state index contributed by atoms with van der Waals surface area (Å²) in [6.07, 6.45) is -3.84. The second-order valence-electron chi connectivity index (χ2n) is 5.63. The maximum absolute atomic E-state index is 13.7. The first-order chi connectivity index (χ1) is 14.0. The van der Waals surface area contributed by atoms with Crippen LogP contribution >= 0.6 is 0 Å². The number of sulfonamides is 1. The van der Waals surface area contributed by atoms with Crippen molar-refractivity contribution in [3.8, 4) is 11.8 Å². The van der Waals surface area contributed by atoms with Gasteiger partial charge in [0.25, 0.3) is 10.0 Å². The first-order valence-corrected chi connectivity index (χ1v) is 9.30. The summed E-state index contributed by atoms with van der Waals surface area (Å²) >= 11 is 0. The summed E-state index contributed by atoms with van der Waals surface area (Å²) in [5, 5.41) is 0. The standard InChI is InChI=1S/C17H9F6N3O3S/c18-11-5-6-12(15(20)14(11)19)30(27,28)26-9-1-3-10(4-2-9)29-16-24-8-7-13(25-16)17(21,22)23/h1-8,26H. The third-order valence-corrected chi connectivity index (χ3v) is 4.93. The smallest absolute Gasteiger partial charge is 0.424 e. The highest BCUT2D eigenvalue weighted by atomic mass is 32.2. The van der Waals surface area contributed by atoms with Crippen molar-refractivity contribution >= 4 is 15.7 Å². The van der Waals surface area contributed by atoms with Crippen molar-refractivity contribution in [3.05, 3.63) is 71.8 Å². The van der Waals surface area contributed by atoms with E-state index in [2.05, 4.69) is 9.97 Å². The van der Waals surface area contributed by atoms with Crippen molar-refractivity contribution in [1.82, 2.24) is 9.97 Å². The fourth-order valence-electron chi connectivity index (χ4n) is 2.17. The summed E-state index contributed by atoms with van der Waals surface area (Å²) in [7, 11) is -4.60. The van der Waals surface area contributed by atoms with Crippen LogP contribution in [0.2, 0.25) is 0 Å². The molecule has 0 unspecified atom stereocenters. The molecule has 0 atom stereocenters. The van der Waals surface area contributed by atoms with E-state index in [4.69, 9.17) is 4.74 Å². The van der Waals surface area contributed by atoms with E-state index in [-0.39, 0.29) is 11.4 Å². The first kappa shape index (κ1) is 21.4. The van der Waals surface area contributed by atoms with Crippen LogP contribution < -0.4 is 9.46 Å². The molecule has 1 N–H and O–H groups in total. The predicted octanol–water partition coefficient (Wildman–Crippen LogP) is 4.51. The fourth-order valence-corrected chi connectivity index (χ4v) is 3.30. The zero-order valence-electron chi connectivity index (χ0n) is 14.4. The van der Waals surface area contributed by atoms with Crippen molar-refractivity contribution < 1.29 is 39.5 Å².